The van der Waals surface area contributed by atoms with Crippen molar-refractivity contribution >= 4 is 5.91 Å². The predicted octanol–water partition coefficient (Wildman–Crippen LogP) is 3.42. The van der Waals surface area contributed by atoms with Crippen LogP contribution in [-0.2, 0) is 0 Å². The molecule has 5 heteroatoms. The van der Waals surface area contributed by atoms with Crippen molar-refractivity contribution in [3.8, 4) is 11.1 Å². The zero-order chi connectivity index (χ0) is 17.1. The molecule has 0 spiro atoms. The van der Waals surface area contributed by atoms with Crippen molar-refractivity contribution in [3.63, 3.8) is 0 Å². The summed E-state index contributed by atoms with van der Waals surface area (Å²) in [4.78, 5) is 16.4. The smallest absolute Gasteiger partial charge is 0.253 e. The van der Waals surface area contributed by atoms with Crippen LogP contribution in [0.4, 0.5) is 0 Å². The molecular weight excluding hydrogens is 312 g/mol. The Kier molecular flexibility index (Phi) is 4.29. The molecule has 1 saturated heterocycles. The van der Waals surface area contributed by atoms with Gasteiger partial charge in [-0.05, 0) is 36.1 Å². The fourth-order valence-corrected chi connectivity index (χ4v) is 3.33. The van der Waals surface area contributed by atoms with E-state index in [-0.39, 0.29) is 5.91 Å². The van der Waals surface area contributed by atoms with Crippen molar-refractivity contribution in [2.24, 2.45) is 0 Å². The molecule has 5 nitrogen and oxygen atoms in total. The minimum Gasteiger partial charge on any atom is -0.338 e. The van der Waals surface area contributed by atoms with Crippen LogP contribution in [0.25, 0.3) is 11.1 Å². The standard InChI is InChI=1S/C20H20N4O/c25-20(23-14-10-19(11-15-23)24-21-12-13-22-24)18-8-6-17(7-9-18)16-4-2-1-3-5-16/h1-9,12-13,19H,10-11,14-15H2. The first-order valence-electron chi connectivity index (χ1n) is 8.62. The molecule has 1 aliphatic rings. The molecule has 2 aromatic carbocycles. The summed E-state index contributed by atoms with van der Waals surface area (Å²) in [5.41, 5.74) is 3.03. The molecule has 0 atom stereocenters. The molecule has 0 unspecified atom stereocenters. The zero-order valence-electron chi connectivity index (χ0n) is 14.0. The topological polar surface area (TPSA) is 51.0 Å². The Morgan fingerprint density at radius 1 is 0.840 bits per heavy atom. The van der Waals surface area contributed by atoms with Gasteiger partial charge in [-0.15, -0.1) is 0 Å². The van der Waals surface area contributed by atoms with Gasteiger partial charge in [0.1, 0.15) is 0 Å². The number of piperidine rings is 1. The first-order chi connectivity index (χ1) is 12.3. The number of rotatable bonds is 3. The molecule has 1 aliphatic heterocycles. The summed E-state index contributed by atoms with van der Waals surface area (Å²) < 4.78 is 0. The first kappa shape index (κ1) is 15.6. The fraction of sp³-hybridized carbons (Fsp3) is 0.250. The number of hydrogen-bond acceptors (Lipinski definition) is 3. The second kappa shape index (κ2) is 6.89. The molecule has 25 heavy (non-hydrogen) atoms. The zero-order valence-corrected chi connectivity index (χ0v) is 14.0. The van der Waals surface area contributed by atoms with Gasteiger partial charge in [-0.25, -0.2) is 0 Å². The third-order valence-corrected chi connectivity index (χ3v) is 4.75. The number of amides is 1. The van der Waals surface area contributed by atoms with Gasteiger partial charge in [0.2, 0.25) is 0 Å². The van der Waals surface area contributed by atoms with E-state index >= 15 is 0 Å². The van der Waals surface area contributed by atoms with Gasteiger partial charge in [-0.1, -0.05) is 42.5 Å². The molecule has 1 aromatic heterocycles. The third kappa shape index (κ3) is 3.31. The summed E-state index contributed by atoms with van der Waals surface area (Å²) in [5, 5.41) is 8.42. The Morgan fingerprint density at radius 3 is 2.08 bits per heavy atom. The van der Waals surface area contributed by atoms with Gasteiger partial charge in [-0.3, -0.25) is 4.79 Å². The lowest BCUT2D eigenvalue weighted by Gasteiger charge is -2.31. The average Bonchev–Trinajstić information content (AvgIpc) is 3.23. The lowest BCUT2D eigenvalue weighted by molar-refractivity contribution is 0.0684. The number of carbonyl (C=O) groups is 1. The molecule has 4 rings (SSSR count). The van der Waals surface area contributed by atoms with Crippen molar-refractivity contribution < 1.29 is 4.79 Å². The molecular formula is C20H20N4O. The van der Waals surface area contributed by atoms with E-state index in [0.717, 1.165) is 42.6 Å². The number of nitrogens with zero attached hydrogens (tertiary/aromatic N) is 4. The van der Waals surface area contributed by atoms with Crippen LogP contribution in [-0.4, -0.2) is 38.9 Å². The van der Waals surface area contributed by atoms with Crippen LogP contribution in [0.1, 0.15) is 29.2 Å². The summed E-state index contributed by atoms with van der Waals surface area (Å²) in [7, 11) is 0. The minimum absolute atomic E-state index is 0.103. The monoisotopic (exact) mass is 332 g/mol. The van der Waals surface area contributed by atoms with Gasteiger partial charge in [0.25, 0.3) is 5.91 Å². The normalized spacial score (nSPS) is 15.3. The van der Waals surface area contributed by atoms with Crippen molar-refractivity contribution in [2.45, 2.75) is 18.9 Å². The largest absolute Gasteiger partial charge is 0.338 e. The molecule has 126 valence electrons. The Balaban J connectivity index is 1.41. The molecule has 0 aliphatic carbocycles. The SMILES string of the molecule is O=C(c1ccc(-c2ccccc2)cc1)N1CCC(n2nccn2)CC1. The van der Waals surface area contributed by atoms with E-state index in [9.17, 15) is 4.79 Å². The maximum absolute atomic E-state index is 12.7. The number of hydrogen-bond donors (Lipinski definition) is 0. The van der Waals surface area contributed by atoms with Crippen molar-refractivity contribution in [2.75, 3.05) is 13.1 Å². The lowest BCUT2D eigenvalue weighted by Crippen LogP contribution is -2.39. The molecule has 0 saturated carbocycles. The van der Waals surface area contributed by atoms with Crippen LogP contribution < -0.4 is 0 Å². The summed E-state index contributed by atoms with van der Waals surface area (Å²) in [6.45, 7) is 1.48. The van der Waals surface area contributed by atoms with Gasteiger partial charge in [0, 0.05) is 18.7 Å². The van der Waals surface area contributed by atoms with E-state index in [0.29, 0.717) is 6.04 Å². The van der Waals surface area contributed by atoms with Crippen LogP contribution >= 0.6 is 0 Å². The second-order valence-electron chi connectivity index (χ2n) is 6.32. The highest BCUT2D eigenvalue weighted by atomic mass is 16.2. The van der Waals surface area contributed by atoms with Gasteiger partial charge in [0.15, 0.2) is 0 Å². The van der Waals surface area contributed by atoms with E-state index in [1.54, 1.807) is 17.2 Å². The number of likely N-dealkylation sites (tertiary alicyclic amines) is 1. The van der Waals surface area contributed by atoms with Crippen molar-refractivity contribution in [1.82, 2.24) is 19.9 Å². The van der Waals surface area contributed by atoms with Crippen LogP contribution in [0.5, 0.6) is 0 Å². The Hall–Kier alpha value is -2.95. The summed E-state index contributed by atoms with van der Waals surface area (Å²) >= 11 is 0. The van der Waals surface area contributed by atoms with Gasteiger partial charge in [-0.2, -0.15) is 15.0 Å². The number of aromatic nitrogens is 3. The van der Waals surface area contributed by atoms with E-state index < -0.39 is 0 Å². The van der Waals surface area contributed by atoms with E-state index in [1.807, 2.05) is 47.4 Å². The summed E-state index contributed by atoms with van der Waals surface area (Å²) in [6.07, 6.45) is 5.18. The molecule has 3 aromatic rings. The fourth-order valence-electron chi connectivity index (χ4n) is 3.33. The molecule has 1 amide bonds. The van der Waals surface area contributed by atoms with E-state index in [4.69, 9.17) is 0 Å². The summed E-state index contributed by atoms with van der Waals surface area (Å²) in [6, 6.07) is 18.4. The molecule has 2 heterocycles. The Morgan fingerprint density at radius 2 is 1.44 bits per heavy atom. The predicted molar refractivity (Wildman–Crippen MR) is 96.1 cm³/mol. The first-order valence-corrected chi connectivity index (χ1v) is 8.62. The van der Waals surface area contributed by atoms with Gasteiger partial charge >= 0.3 is 0 Å². The van der Waals surface area contributed by atoms with Crippen LogP contribution in [0.15, 0.2) is 67.0 Å². The van der Waals surface area contributed by atoms with E-state index in [1.165, 1.54) is 0 Å². The number of carbonyl (C=O) groups excluding carboxylic acids is 1. The van der Waals surface area contributed by atoms with Crippen molar-refractivity contribution in [3.05, 3.63) is 72.6 Å². The highest BCUT2D eigenvalue weighted by Crippen LogP contribution is 2.23. The minimum atomic E-state index is 0.103. The van der Waals surface area contributed by atoms with Gasteiger partial charge < -0.3 is 4.90 Å². The highest BCUT2D eigenvalue weighted by molar-refractivity contribution is 5.94. The second-order valence-corrected chi connectivity index (χ2v) is 6.32. The average molecular weight is 332 g/mol. The Bertz CT molecular complexity index is 820. The molecule has 0 N–H and O–H groups in total. The third-order valence-electron chi connectivity index (χ3n) is 4.75. The molecule has 1 fully saturated rings. The molecule has 0 radical (unpaired) electrons. The maximum Gasteiger partial charge on any atom is 0.253 e. The Labute approximate surface area is 146 Å². The maximum atomic E-state index is 12.7. The van der Waals surface area contributed by atoms with E-state index in [2.05, 4.69) is 22.3 Å². The van der Waals surface area contributed by atoms with Crippen LogP contribution in [0, 0.1) is 0 Å². The van der Waals surface area contributed by atoms with Crippen LogP contribution in [0.3, 0.4) is 0 Å². The quantitative estimate of drug-likeness (QED) is 0.738. The molecule has 0 bridgehead atoms. The van der Waals surface area contributed by atoms with Crippen molar-refractivity contribution in [1.29, 1.82) is 0 Å². The van der Waals surface area contributed by atoms with Gasteiger partial charge in [0.05, 0.1) is 18.4 Å². The lowest BCUT2D eigenvalue weighted by atomic mass is 10.0. The van der Waals surface area contributed by atoms with Crippen LogP contribution in [0.2, 0.25) is 0 Å². The highest BCUT2D eigenvalue weighted by Gasteiger charge is 2.25. The number of benzene rings is 2. The summed E-state index contributed by atoms with van der Waals surface area (Å²) in [5.74, 6) is 0.103.